The molecular formula is C60H36N6S. The number of rotatable bonds is 6. The van der Waals surface area contributed by atoms with E-state index >= 15 is 0 Å². The van der Waals surface area contributed by atoms with Crippen molar-refractivity contribution in [1.29, 1.82) is 0 Å². The van der Waals surface area contributed by atoms with Gasteiger partial charge < -0.3 is 0 Å². The van der Waals surface area contributed by atoms with Crippen molar-refractivity contribution in [2.75, 3.05) is 0 Å². The molecule has 14 aromatic rings. The molecule has 0 bridgehead atoms. The summed E-state index contributed by atoms with van der Waals surface area (Å²) in [6.07, 6.45) is 0. The molecule has 312 valence electrons. The summed E-state index contributed by atoms with van der Waals surface area (Å²) >= 11 is 1.74. The lowest BCUT2D eigenvalue weighted by atomic mass is 9.97. The second-order valence-corrected chi connectivity index (χ2v) is 18.1. The molecule has 7 heteroatoms. The van der Waals surface area contributed by atoms with Gasteiger partial charge in [0.05, 0.1) is 49.2 Å². The van der Waals surface area contributed by atoms with E-state index in [2.05, 4.69) is 215 Å². The Bertz CT molecular complexity index is 4270. The van der Waals surface area contributed by atoms with Crippen LogP contribution in [0.4, 0.5) is 0 Å². The molecule has 0 fully saturated rings. The Hall–Kier alpha value is -8.78. The summed E-state index contributed by atoms with van der Waals surface area (Å²) in [5.41, 5.74) is 13.4. The molecular weight excluding hydrogens is 837 g/mol. The van der Waals surface area contributed by atoms with Gasteiger partial charge in [0.1, 0.15) is 0 Å². The number of fused-ring (bicyclic) bond motifs is 9. The number of benzene rings is 9. The van der Waals surface area contributed by atoms with Crippen LogP contribution < -0.4 is 0 Å². The summed E-state index contributed by atoms with van der Waals surface area (Å²) in [4.78, 5) is 22.6. The minimum Gasteiger partial charge on any atom is -0.278 e. The zero-order chi connectivity index (χ0) is 44.0. The van der Waals surface area contributed by atoms with Crippen molar-refractivity contribution in [2.45, 2.75) is 0 Å². The topological polar surface area (TPSA) is 61.4 Å². The number of hydrogen-bond donors (Lipinski definition) is 0. The molecule has 9 aromatic carbocycles. The summed E-state index contributed by atoms with van der Waals surface area (Å²) in [5, 5.41) is 7.93. The third-order valence-electron chi connectivity index (χ3n) is 13.1. The number of para-hydroxylation sites is 2. The maximum atomic E-state index is 5.45. The van der Waals surface area contributed by atoms with E-state index in [1.54, 1.807) is 11.3 Å². The Morgan fingerprint density at radius 2 is 0.896 bits per heavy atom. The van der Waals surface area contributed by atoms with Crippen LogP contribution in [0.3, 0.4) is 0 Å². The van der Waals surface area contributed by atoms with Gasteiger partial charge in [-0.15, -0.1) is 11.3 Å². The minimum atomic E-state index is 0.638. The van der Waals surface area contributed by atoms with E-state index in [1.807, 2.05) is 12.1 Å². The van der Waals surface area contributed by atoms with E-state index in [1.165, 1.54) is 10.9 Å². The van der Waals surface area contributed by atoms with Gasteiger partial charge in [0.15, 0.2) is 0 Å². The predicted molar refractivity (Wildman–Crippen MR) is 278 cm³/mol. The number of nitrogens with zero attached hydrogens (tertiary/aromatic N) is 6. The Morgan fingerprint density at radius 3 is 1.67 bits per heavy atom. The van der Waals surface area contributed by atoms with E-state index in [-0.39, 0.29) is 0 Å². The molecule has 0 radical (unpaired) electrons. The average Bonchev–Trinajstić information content (AvgIpc) is 4.08. The summed E-state index contributed by atoms with van der Waals surface area (Å²) in [5.74, 6) is 1.28. The van der Waals surface area contributed by atoms with Crippen LogP contribution in [0.1, 0.15) is 0 Å². The van der Waals surface area contributed by atoms with E-state index in [4.69, 9.17) is 19.9 Å². The highest BCUT2D eigenvalue weighted by atomic mass is 32.1. The van der Waals surface area contributed by atoms with Gasteiger partial charge in [-0.2, -0.15) is 0 Å². The molecule has 0 aliphatic rings. The summed E-state index contributed by atoms with van der Waals surface area (Å²) in [6, 6.07) is 77.3. The number of hydrogen-bond acceptors (Lipinski definition) is 5. The zero-order valence-electron chi connectivity index (χ0n) is 35.9. The van der Waals surface area contributed by atoms with Gasteiger partial charge in [0, 0.05) is 42.9 Å². The largest absolute Gasteiger partial charge is 0.278 e. The zero-order valence-corrected chi connectivity index (χ0v) is 36.7. The van der Waals surface area contributed by atoms with Crippen LogP contribution in [0, 0.1) is 0 Å². The quantitative estimate of drug-likeness (QED) is 0.167. The molecule has 6 nitrogen and oxygen atoms in total. The van der Waals surface area contributed by atoms with Gasteiger partial charge in [-0.25, -0.2) is 19.9 Å². The molecule has 14 rings (SSSR count). The molecule has 0 aliphatic heterocycles. The van der Waals surface area contributed by atoms with Crippen molar-refractivity contribution in [3.8, 4) is 56.0 Å². The SMILES string of the molecule is c1ccc(-c2cc3nc(-n4c5ccccc5c5c(-c6ccc7c(c6)c6cc8ccccc8cc6n7-c6nc(-c7ccccc7)c7ccccc7n6)cccc54)nc(-c4ccccc4)c3s2)cc1. The van der Waals surface area contributed by atoms with Crippen LogP contribution in [0.25, 0.3) is 131 Å². The first-order valence-electron chi connectivity index (χ1n) is 22.5. The molecule has 0 amide bonds. The highest BCUT2D eigenvalue weighted by molar-refractivity contribution is 7.22. The smallest absolute Gasteiger partial charge is 0.235 e. The highest BCUT2D eigenvalue weighted by Crippen LogP contribution is 2.43. The maximum Gasteiger partial charge on any atom is 0.235 e. The fourth-order valence-electron chi connectivity index (χ4n) is 10.1. The fraction of sp³-hybridized carbons (Fsp3) is 0. The Kier molecular flexibility index (Phi) is 8.35. The van der Waals surface area contributed by atoms with E-state index < -0.39 is 0 Å². The lowest BCUT2D eigenvalue weighted by Crippen LogP contribution is -2.03. The van der Waals surface area contributed by atoms with Crippen LogP contribution in [0.5, 0.6) is 0 Å². The Morgan fingerprint density at radius 1 is 0.328 bits per heavy atom. The Balaban J connectivity index is 1.00. The van der Waals surface area contributed by atoms with Crippen LogP contribution in [-0.2, 0) is 0 Å². The van der Waals surface area contributed by atoms with Gasteiger partial charge in [0.25, 0.3) is 0 Å². The van der Waals surface area contributed by atoms with E-state index in [9.17, 15) is 0 Å². The van der Waals surface area contributed by atoms with Crippen molar-refractivity contribution in [1.82, 2.24) is 29.1 Å². The van der Waals surface area contributed by atoms with Gasteiger partial charge in [-0.1, -0.05) is 170 Å². The summed E-state index contributed by atoms with van der Waals surface area (Å²) in [6.45, 7) is 0. The molecule has 0 N–H and O–H groups in total. The Labute approximate surface area is 388 Å². The molecule has 0 unspecified atom stereocenters. The van der Waals surface area contributed by atoms with E-state index in [0.29, 0.717) is 11.9 Å². The van der Waals surface area contributed by atoms with Gasteiger partial charge >= 0.3 is 0 Å². The minimum absolute atomic E-state index is 0.638. The van der Waals surface area contributed by atoms with Crippen LogP contribution in [-0.4, -0.2) is 29.1 Å². The standard InChI is InChI=1S/C60H36N6S/c1-4-17-37(18-5-1)54-36-49-58(67-54)57(39-21-8-3-9-22-39)64-60(62-49)65-50-29-15-13-26-45(50)55-43(27-16-30-52(55)65)42-31-32-51-46(34-42)47-33-40-23-10-11-24-41(40)35-53(47)66(51)59-61-48-28-14-12-25-44(48)56(63-59)38-19-6-2-7-20-38/h1-36H. The molecule has 0 saturated heterocycles. The third-order valence-corrected chi connectivity index (χ3v) is 14.3. The van der Waals surface area contributed by atoms with Crippen LogP contribution >= 0.6 is 11.3 Å². The van der Waals surface area contributed by atoms with Crippen molar-refractivity contribution in [2.24, 2.45) is 0 Å². The monoisotopic (exact) mass is 872 g/mol. The lowest BCUT2D eigenvalue weighted by Gasteiger charge is -2.12. The summed E-state index contributed by atoms with van der Waals surface area (Å²) < 4.78 is 5.57. The molecule has 67 heavy (non-hydrogen) atoms. The second-order valence-electron chi connectivity index (χ2n) is 17.0. The number of thiophene rings is 1. The first-order chi connectivity index (χ1) is 33.2. The molecule has 0 spiro atoms. The molecule has 5 heterocycles. The van der Waals surface area contributed by atoms with Crippen LogP contribution in [0.15, 0.2) is 218 Å². The molecule has 0 aliphatic carbocycles. The van der Waals surface area contributed by atoms with Gasteiger partial charge in [-0.3, -0.25) is 9.13 Å². The maximum absolute atomic E-state index is 5.45. The fourth-order valence-corrected chi connectivity index (χ4v) is 11.2. The average molecular weight is 873 g/mol. The molecule has 0 saturated carbocycles. The van der Waals surface area contributed by atoms with Crippen molar-refractivity contribution < 1.29 is 0 Å². The van der Waals surface area contributed by atoms with Gasteiger partial charge in [-0.05, 0) is 76.0 Å². The lowest BCUT2D eigenvalue weighted by molar-refractivity contribution is 1.01. The molecule has 0 atom stereocenters. The van der Waals surface area contributed by atoms with Crippen molar-refractivity contribution >= 4 is 86.8 Å². The van der Waals surface area contributed by atoms with Gasteiger partial charge in [0.2, 0.25) is 11.9 Å². The predicted octanol–water partition coefficient (Wildman–Crippen LogP) is 15.6. The van der Waals surface area contributed by atoms with Crippen molar-refractivity contribution in [3.63, 3.8) is 0 Å². The first kappa shape index (κ1) is 37.6. The van der Waals surface area contributed by atoms with Crippen LogP contribution in [0.2, 0.25) is 0 Å². The van der Waals surface area contributed by atoms with Crippen molar-refractivity contribution in [3.05, 3.63) is 218 Å². The number of aromatic nitrogens is 6. The van der Waals surface area contributed by atoms with E-state index in [0.717, 1.165) is 109 Å². The summed E-state index contributed by atoms with van der Waals surface area (Å²) in [7, 11) is 0. The normalized spacial score (nSPS) is 11.9. The first-order valence-corrected chi connectivity index (χ1v) is 23.3. The third kappa shape index (κ3) is 5.95. The second kappa shape index (κ2) is 14.9. The highest BCUT2D eigenvalue weighted by Gasteiger charge is 2.23. The molecule has 5 aromatic heterocycles.